The first-order chi connectivity index (χ1) is 11.3. The Bertz CT molecular complexity index is 664. The molecule has 0 aliphatic carbocycles. The molecule has 1 amide bonds. The summed E-state index contributed by atoms with van der Waals surface area (Å²) >= 11 is 0. The molecule has 1 aliphatic heterocycles. The van der Waals surface area contributed by atoms with Crippen LogP contribution in [0.5, 0.6) is 5.75 Å². The van der Waals surface area contributed by atoms with E-state index >= 15 is 0 Å². The van der Waals surface area contributed by atoms with E-state index in [1.165, 1.54) is 0 Å². The number of hydrogen-bond donors (Lipinski definition) is 1. The summed E-state index contributed by atoms with van der Waals surface area (Å²) in [4.78, 5) is 14.6. The smallest absolute Gasteiger partial charge is 0.259 e. The van der Waals surface area contributed by atoms with E-state index in [0.29, 0.717) is 11.3 Å². The SMILES string of the molecule is COc1ccccc1C(=O)Nc1ccc(N2CCOCC2)cc1. The molecule has 1 aliphatic rings. The van der Waals surface area contributed by atoms with Gasteiger partial charge < -0.3 is 19.7 Å². The van der Waals surface area contributed by atoms with Crippen molar-refractivity contribution in [2.24, 2.45) is 0 Å². The van der Waals surface area contributed by atoms with Gasteiger partial charge in [0, 0.05) is 24.5 Å². The van der Waals surface area contributed by atoms with Crippen LogP contribution in [0.2, 0.25) is 0 Å². The van der Waals surface area contributed by atoms with Crippen molar-refractivity contribution in [3.05, 3.63) is 54.1 Å². The highest BCUT2D eigenvalue weighted by atomic mass is 16.5. The summed E-state index contributed by atoms with van der Waals surface area (Å²) in [6.07, 6.45) is 0. The summed E-state index contributed by atoms with van der Waals surface area (Å²) < 4.78 is 10.6. The molecule has 1 fully saturated rings. The lowest BCUT2D eigenvalue weighted by atomic mass is 10.1. The summed E-state index contributed by atoms with van der Waals surface area (Å²) in [6.45, 7) is 3.30. The summed E-state index contributed by atoms with van der Waals surface area (Å²) in [5, 5.41) is 2.90. The first kappa shape index (κ1) is 15.4. The van der Waals surface area contributed by atoms with Crippen molar-refractivity contribution < 1.29 is 14.3 Å². The van der Waals surface area contributed by atoms with Gasteiger partial charge in [-0.05, 0) is 36.4 Å². The van der Waals surface area contributed by atoms with Crippen molar-refractivity contribution in [1.82, 2.24) is 0 Å². The van der Waals surface area contributed by atoms with Gasteiger partial charge in [-0.1, -0.05) is 12.1 Å². The van der Waals surface area contributed by atoms with Crippen LogP contribution in [0.1, 0.15) is 10.4 Å². The van der Waals surface area contributed by atoms with Gasteiger partial charge in [0.15, 0.2) is 0 Å². The highest BCUT2D eigenvalue weighted by molar-refractivity contribution is 6.06. The molecule has 5 nitrogen and oxygen atoms in total. The van der Waals surface area contributed by atoms with E-state index in [9.17, 15) is 4.79 Å². The minimum absolute atomic E-state index is 0.179. The molecular weight excluding hydrogens is 292 g/mol. The second-order valence-corrected chi connectivity index (χ2v) is 5.30. The zero-order valence-corrected chi connectivity index (χ0v) is 13.1. The molecule has 0 atom stereocenters. The van der Waals surface area contributed by atoms with Gasteiger partial charge in [-0.3, -0.25) is 4.79 Å². The Balaban J connectivity index is 1.69. The molecule has 0 saturated carbocycles. The molecule has 0 spiro atoms. The molecule has 0 aromatic heterocycles. The maximum absolute atomic E-state index is 12.4. The van der Waals surface area contributed by atoms with Crippen molar-refractivity contribution in [2.75, 3.05) is 43.6 Å². The fourth-order valence-corrected chi connectivity index (χ4v) is 2.61. The molecular formula is C18H20N2O3. The van der Waals surface area contributed by atoms with Gasteiger partial charge >= 0.3 is 0 Å². The summed E-state index contributed by atoms with van der Waals surface area (Å²) in [7, 11) is 1.56. The van der Waals surface area contributed by atoms with E-state index in [-0.39, 0.29) is 5.91 Å². The molecule has 2 aromatic carbocycles. The maximum Gasteiger partial charge on any atom is 0.259 e. The molecule has 120 valence electrons. The Kier molecular flexibility index (Phi) is 4.78. The molecule has 0 unspecified atom stereocenters. The lowest BCUT2D eigenvalue weighted by Crippen LogP contribution is -2.36. The summed E-state index contributed by atoms with van der Waals surface area (Å²) in [5.41, 5.74) is 2.42. The van der Waals surface area contributed by atoms with Crippen LogP contribution in [-0.2, 0) is 4.74 Å². The van der Waals surface area contributed by atoms with E-state index in [2.05, 4.69) is 10.2 Å². The van der Waals surface area contributed by atoms with Crippen molar-refractivity contribution >= 4 is 17.3 Å². The number of nitrogens with one attached hydrogen (secondary N) is 1. The van der Waals surface area contributed by atoms with E-state index in [1.54, 1.807) is 19.2 Å². The van der Waals surface area contributed by atoms with Crippen molar-refractivity contribution in [1.29, 1.82) is 0 Å². The lowest BCUT2D eigenvalue weighted by Gasteiger charge is -2.28. The predicted octanol–water partition coefficient (Wildman–Crippen LogP) is 2.78. The minimum Gasteiger partial charge on any atom is -0.496 e. The van der Waals surface area contributed by atoms with E-state index < -0.39 is 0 Å². The number of ether oxygens (including phenoxy) is 2. The van der Waals surface area contributed by atoms with E-state index in [0.717, 1.165) is 37.7 Å². The highest BCUT2D eigenvalue weighted by Crippen LogP contribution is 2.22. The number of benzene rings is 2. The van der Waals surface area contributed by atoms with Crippen molar-refractivity contribution in [2.45, 2.75) is 0 Å². The Labute approximate surface area is 135 Å². The number of methoxy groups -OCH3 is 1. The number of amides is 1. The number of anilines is 2. The summed E-state index contributed by atoms with van der Waals surface area (Å²) in [5.74, 6) is 0.386. The van der Waals surface area contributed by atoms with Crippen LogP contribution in [0, 0.1) is 0 Å². The Morgan fingerprint density at radius 3 is 2.48 bits per heavy atom. The average molecular weight is 312 g/mol. The zero-order valence-electron chi connectivity index (χ0n) is 13.1. The van der Waals surface area contributed by atoms with Gasteiger partial charge in [-0.25, -0.2) is 0 Å². The molecule has 0 bridgehead atoms. The zero-order chi connectivity index (χ0) is 16.1. The van der Waals surface area contributed by atoms with Gasteiger partial charge in [-0.2, -0.15) is 0 Å². The second kappa shape index (κ2) is 7.15. The molecule has 2 aromatic rings. The monoisotopic (exact) mass is 312 g/mol. The molecule has 1 heterocycles. The van der Waals surface area contributed by atoms with Crippen molar-refractivity contribution in [3.63, 3.8) is 0 Å². The van der Waals surface area contributed by atoms with Crippen LogP contribution < -0.4 is 15.0 Å². The Hall–Kier alpha value is -2.53. The highest BCUT2D eigenvalue weighted by Gasteiger charge is 2.13. The number of carbonyl (C=O) groups is 1. The first-order valence-corrected chi connectivity index (χ1v) is 7.65. The molecule has 3 rings (SSSR count). The molecule has 1 N–H and O–H groups in total. The predicted molar refractivity (Wildman–Crippen MR) is 90.4 cm³/mol. The number of rotatable bonds is 4. The van der Waals surface area contributed by atoms with Crippen LogP contribution in [-0.4, -0.2) is 39.3 Å². The van der Waals surface area contributed by atoms with Gasteiger partial charge in [-0.15, -0.1) is 0 Å². The first-order valence-electron chi connectivity index (χ1n) is 7.65. The maximum atomic E-state index is 12.4. The molecule has 5 heteroatoms. The van der Waals surface area contributed by atoms with Crippen LogP contribution in [0.4, 0.5) is 11.4 Å². The quantitative estimate of drug-likeness (QED) is 0.943. The third-order valence-corrected chi connectivity index (χ3v) is 3.85. The fourth-order valence-electron chi connectivity index (χ4n) is 2.61. The number of nitrogens with zero attached hydrogens (tertiary/aromatic N) is 1. The molecule has 23 heavy (non-hydrogen) atoms. The molecule has 1 saturated heterocycles. The van der Waals surface area contributed by atoms with Crippen LogP contribution in [0.15, 0.2) is 48.5 Å². The normalized spacial score (nSPS) is 14.4. The Morgan fingerprint density at radius 1 is 1.09 bits per heavy atom. The third-order valence-electron chi connectivity index (χ3n) is 3.85. The molecule has 0 radical (unpaired) electrons. The third kappa shape index (κ3) is 3.63. The number of morpholine rings is 1. The van der Waals surface area contributed by atoms with Gasteiger partial charge in [0.2, 0.25) is 0 Å². The fraction of sp³-hybridized carbons (Fsp3) is 0.278. The topological polar surface area (TPSA) is 50.8 Å². The number of para-hydroxylation sites is 1. The van der Waals surface area contributed by atoms with Gasteiger partial charge in [0.25, 0.3) is 5.91 Å². The number of hydrogen-bond acceptors (Lipinski definition) is 4. The summed E-state index contributed by atoms with van der Waals surface area (Å²) in [6, 6.07) is 15.0. The largest absolute Gasteiger partial charge is 0.496 e. The van der Waals surface area contributed by atoms with Gasteiger partial charge in [0.1, 0.15) is 5.75 Å². The van der Waals surface area contributed by atoms with Crippen LogP contribution >= 0.6 is 0 Å². The standard InChI is InChI=1S/C18H20N2O3/c1-22-17-5-3-2-4-16(17)18(21)19-14-6-8-15(9-7-14)20-10-12-23-13-11-20/h2-9H,10-13H2,1H3,(H,19,21). The van der Waals surface area contributed by atoms with Crippen LogP contribution in [0.3, 0.4) is 0 Å². The number of carbonyl (C=O) groups excluding carboxylic acids is 1. The van der Waals surface area contributed by atoms with Gasteiger partial charge in [0.05, 0.1) is 25.9 Å². The lowest BCUT2D eigenvalue weighted by molar-refractivity contribution is 0.102. The Morgan fingerprint density at radius 2 is 1.78 bits per heavy atom. The van der Waals surface area contributed by atoms with E-state index in [1.807, 2.05) is 36.4 Å². The van der Waals surface area contributed by atoms with Crippen molar-refractivity contribution in [3.8, 4) is 5.75 Å². The second-order valence-electron chi connectivity index (χ2n) is 5.30. The minimum atomic E-state index is -0.179. The average Bonchev–Trinajstić information content (AvgIpc) is 2.63. The van der Waals surface area contributed by atoms with E-state index in [4.69, 9.17) is 9.47 Å². The van der Waals surface area contributed by atoms with Crippen LogP contribution in [0.25, 0.3) is 0 Å².